The molecule has 0 unspecified atom stereocenters. The molecule has 2 aliphatic rings. The zero-order valence-corrected chi connectivity index (χ0v) is 18.4. The highest BCUT2D eigenvalue weighted by molar-refractivity contribution is 6.09. The molecule has 5 rings (SSSR count). The summed E-state index contributed by atoms with van der Waals surface area (Å²) in [5.74, 6) is -0.822. The smallest absolute Gasteiger partial charge is 0.276 e. The first kappa shape index (κ1) is 21.4. The summed E-state index contributed by atoms with van der Waals surface area (Å²) in [7, 11) is 0. The Bertz CT molecular complexity index is 1180. The predicted molar refractivity (Wildman–Crippen MR) is 124 cm³/mol. The van der Waals surface area contributed by atoms with Gasteiger partial charge in [-0.2, -0.15) is 5.10 Å². The van der Waals surface area contributed by atoms with Crippen molar-refractivity contribution >= 4 is 17.5 Å². The first-order valence-electron chi connectivity index (χ1n) is 11.7. The Morgan fingerprint density at radius 2 is 1.64 bits per heavy atom. The highest BCUT2D eigenvalue weighted by Crippen LogP contribution is 2.28. The van der Waals surface area contributed by atoms with E-state index >= 15 is 0 Å². The molecule has 1 saturated carbocycles. The second-order valence-electron chi connectivity index (χ2n) is 8.82. The fourth-order valence-corrected chi connectivity index (χ4v) is 4.88. The fraction of sp³-hybridized carbons (Fsp3) is 0.346. The number of halogens is 1. The number of aromatic nitrogens is 2. The third-order valence-electron chi connectivity index (χ3n) is 6.58. The molecular weight excluding hydrogens is 419 g/mol. The number of fused-ring (bicyclic) bond motifs is 1. The summed E-state index contributed by atoms with van der Waals surface area (Å²) in [5, 5.41) is 10.6. The Labute approximate surface area is 192 Å². The summed E-state index contributed by atoms with van der Waals surface area (Å²) in [4.78, 5) is 26.2. The lowest BCUT2D eigenvalue weighted by Crippen LogP contribution is -2.33. The Morgan fingerprint density at radius 1 is 0.909 bits per heavy atom. The molecule has 1 aromatic heterocycles. The molecule has 33 heavy (non-hydrogen) atoms. The molecule has 2 amide bonds. The van der Waals surface area contributed by atoms with Crippen LogP contribution in [0.3, 0.4) is 0 Å². The molecule has 2 aromatic carbocycles. The lowest BCUT2D eigenvalue weighted by molar-refractivity contribution is 0.0938. The van der Waals surface area contributed by atoms with Crippen LogP contribution in [0.2, 0.25) is 0 Å². The van der Waals surface area contributed by atoms with Crippen molar-refractivity contribution < 1.29 is 14.0 Å². The molecule has 6 nitrogen and oxygen atoms in total. The number of carbonyl (C=O) groups excluding carboxylic acids is 2. The quantitative estimate of drug-likeness (QED) is 0.590. The van der Waals surface area contributed by atoms with Crippen molar-refractivity contribution in [2.24, 2.45) is 0 Å². The molecule has 2 N–H and O–H groups in total. The van der Waals surface area contributed by atoms with Gasteiger partial charge < -0.3 is 10.6 Å². The molecule has 0 spiro atoms. The van der Waals surface area contributed by atoms with Crippen molar-refractivity contribution in [1.29, 1.82) is 0 Å². The van der Waals surface area contributed by atoms with Crippen molar-refractivity contribution in [3.63, 3.8) is 0 Å². The molecule has 0 atom stereocenters. The molecule has 170 valence electrons. The largest absolute Gasteiger partial charge is 0.349 e. The highest BCUT2D eigenvalue weighted by atomic mass is 19.1. The Kier molecular flexibility index (Phi) is 5.94. The van der Waals surface area contributed by atoms with Crippen LogP contribution in [0.4, 0.5) is 10.1 Å². The van der Waals surface area contributed by atoms with E-state index in [2.05, 4.69) is 15.7 Å². The molecule has 3 aromatic rings. The highest BCUT2D eigenvalue weighted by Gasteiger charge is 2.27. The summed E-state index contributed by atoms with van der Waals surface area (Å²) >= 11 is 0. The average molecular weight is 447 g/mol. The van der Waals surface area contributed by atoms with Gasteiger partial charge in [0.1, 0.15) is 5.82 Å². The number of carbonyl (C=O) groups is 2. The molecule has 1 fully saturated rings. The van der Waals surface area contributed by atoms with E-state index < -0.39 is 0 Å². The van der Waals surface area contributed by atoms with Crippen molar-refractivity contribution in [1.82, 2.24) is 15.1 Å². The maximum Gasteiger partial charge on any atom is 0.276 e. The van der Waals surface area contributed by atoms with Gasteiger partial charge in [0.2, 0.25) is 0 Å². The normalized spacial score (nSPS) is 15.8. The second-order valence-corrected chi connectivity index (χ2v) is 8.82. The van der Waals surface area contributed by atoms with E-state index in [0.29, 0.717) is 16.9 Å². The van der Waals surface area contributed by atoms with Crippen LogP contribution in [-0.2, 0) is 12.8 Å². The molecular formula is C26H27FN4O2. The van der Waals surface area contributed by atoms with Crippen LogP contribution in [0.15, 0.2) is 48.5 Å². The van der Waals surface area contributed by atoms with Gasteiger partial charge in [-0.05, 0) is 74.9 Å². The van der Waals surface area contributed by atoms with Crippen molar-refractivity contribution in [3.05, 3.63) is 76.9 Å². The molecule has 7 heteroatoms. The van der Waals surface area contributed by atoms with Crippen LogP contribution in [0.25, 0.3) is 5.69 Å². The standard InChI is InChI=1S/C26H27FN4O2/c27-17-13-15-19(16-14-17)31-23-12-6-4-10-21(23)24(30-31)26(33)29-22-11-5-3-9-20(22)25(32)28-18-7-1-2-8-18/h3,5,9,11,13-16,18H,1-2,4,6-8,10,12H2,(H,28,32)(H,29,33). The molecule has 1 heterocycles. The van der Waals surface area contributed by atoms with Crippen molar-refractivity contribution in [2.75, 3.05) is 5.32 Å². The number of amides is 2. The van der Waals surface area contributed by atoms with E-state index in [1.807, 2.05) is 0 Å². The summed E-state index contributed by atoms with van der Waals surface area (Å²) < 4.78 is 15.2. The lowest BCUT2D eigenvalue weighted by Gasteiger charge is -2.15. The second kappa shape index (κ2) is 9.17. The predicted octanol–water partition coefficient (Wildman–Crippen LogP) is 4.81. The van der Waals surface area contributed by atoms with Crippen LogP contribution >= 0.6 is 0 Å². The summed E-state index contributed by atoms with van der Waals surface area (Å²) in [6.07, 6.45) is 7.83. The summed E-state index contributed by atoms with van der Waals surface area (Å²) in [6.45, 7) is 0. The first-order chi connectivity index (χ1) is 16.1. The van der Waals surface area contributed by atoms with Crippen LogP contribution in [0.1, 0.15) is 70.6 Å². The Balaban J connectivity index is 1.43. The summed E-state index contributed by atoms with van der Waals surface area (Å²) in [6, 6.07) is 13.4. The molecule has 0 radical (unpaired) electrons. The Morgan fingerprint density at radius 3 is 2.42 bits per heavy atom. The van der Waals surface area contributed by atoms with Crippen LogP contribution in [0, 0.1) is 5.82 Å². The van der Waals surface area contributed by atoms with E-state index in [1.54, 1.807) is 41.1 Å². The number of hydrogen-bond donors (Lipinski definition) is 2. The van der Waals surface area contributed by atoms with Gasteiger partial charge in [0.15, 0.2) is 5.69 Å². The van der Waals surface area contributed by atoms with E-state index in [4.69, 9.17) is 0 Å². The number of nitrogens with one attached hydrogen (secondary N) is 2. The molecule has 0 saturated heterocycles. The third kappa shape index (κ3) is 4.40. The van der Waals surface area contributed by atoms with Gasteiger partial charge in [0.25, 0.3) is 11.8 Å². The van der Waals surface area contributed by atoms with Crippen LogP contribution < -0.4 is 10.6 Å². The average Bonchev–Trinajstić information content (AvgIpc) is 3.48. The zero-order valence-electron chi connectivity index (χ0n) is 18.4. The van der Waals surface area contributed by atoms with Gasteiger partial charge in [0, 0.05) is 17.3 Å². The number of anilines is 1. The van der Waals surface area contributed by atoms with Gasteiger partial charge >= 0.3 is 0 Å². The summed E-state index contributed by atoms with van der Waals surface area (Å²) in [5.41, 5.74) is 3.93. The topological polar surface area (TPSA) is 76.0 Å². The lowest BCUT2D eigenvalue weighted by atomic mass is 9.95. The van der Waals surface area contributed by atoms with Gasteiger partial charge in [-0.1, -0.05) is 25.0 Å². The third-order valence-corrected chi connectivity index (χ3v) is 6.58. The van der Waals surface area contributed by atoms with E-state index in [-0.39, 0.29) is 23.7 Å². The SMILES string of the molecule is O=C(NC1CCCC1)c1ccccc1NC(=O)c1nn(-c2ccc(F)cc2)c2c1CCCC2. The molecule has 0 bridgehead atoms. The van der Waals surface area contributed by atoms with Gasteiger partial charge in [-0.15, -0.1) is 0 Å². The first-order valence-corrected chi connectivity index (χ1v) is 11.7. The maximum absolute atomic E-state index is 13.4. The van der Waals surface area contributed by atoms with E-state index in [9.17, 15) is 14.0 Å². The van der Waals surface area contributed by atoms with Gasteiger partial charge in [-0.25, -0.2) is 9.07 Å². The van der Waals surface area contributed by atoms with E-state index in [1.165, 1.54) is 12.1 Å². The van der Waals surface area contributed by atoms with E-state index in [0.717, 1.165) is 68.3 Å². The minimum atomic E-state index is -0.338. The van der Waals surface area contributed by atoms with Crippen molar-refractivity contribution in [2.45, 2.75) is 57.4 Å². The minimum absolute atomic E-state index is 0.170. The number of benzene rings is 2. The zero-order chi connectivity index (χ0) is 22.8. The van der Waals surface area contributed by atoms with Crippen molar-refractivity contribution in [3.8, 4) is 5.69 Å². The minimum Gasteiger partial charge on any atom is -0.349 e. The van der Waals surface area contributed by atoms with Gasteiger partial charge in [0.05, 0.1) is 16.9 Å². The van der Waals surface area contributed by atoms with Crippen LogP contribution in [-0.4, -0.2) is 27.6 Å². The number of nitrogens with zero attached hydrogens (tertiary/aromatic N) is 2. The number of rotatable bonds is 5. The number of para-hydroxylation sites is 1. The fourth-order valence-electron chi connectivity index (χ4n) is 4.88. The maximum atomic E-state index is 13.4. The van der Waals surface area contributed by atoms with Gasteiger partial charge in [-0.3, -0.25) is 9.59 Å². The monoisotopic (exact) mass is 446 g/mol. The Hall–Kier alpha value is -3.48. The molecule has 2 aliphatic carbocycles. The van der Waals surface area contributed by atoms with Crippen LogP contribution in [0.5, 0.6) is 0 Å². The molecule has 0 aliphatic heterocycles. The number of hydrogen-bond acceptors (Lipinski definition) is 3.